The molecule has 0 amide bonds. The fraction of sp³-hybridized carbons (Fsp3) is 1.00. The van der Waals surface area contributed by atoms with Crippen molar-refractivity contribution in [3.63, 3.8) is 0 Å². The fourth-order valence-corrected chi connectivity index (χ4v) is 0.903. The van der Waals surface area contributed by atoms with Gasteiger partial charge in [0.15, 0.2) is 7.37 Å². The molecule has 1 atom stereocenters. The van der Waals surface area contributed by atoms with E-state index in [1.165, 1.54) is 13.6 Å². The smallest absolute Gasteiger partial charge is 0.319 e. The van der Waals surface area contributed by atoms with E-state index in [0.29, 0.717) is 0 Å². The molecule has 2 nitrogen and oxygen atoms in total. The van der Waals surface area contributed by atoms with Crippen LogP contribution in [0.15, 0.2) is 0 Å². The highest BCUT2D eigenvalue weighted by atomic mass is 31.2. The monoisotopic (exact) mass is 190 g/mol. The van der Waals surface area contributed by atoms with Gasteiger partial charge in [-0.15, -0.1) is 0 Å². The van der Waals surface area contributed by atoms with E-state index in [0.717, 1.165) is 0 Å². The van der Waals surface area contributed by atoms with Gasteiger partial charge in [0, 0.05) is 12.8 Å². The van der Waals surface area contributed by atoms with Crippen LogP contribution in [0.25, 0.3) is 0 Å². The van der Waals surface area contributed by atoms with E-state index in [2.05, 4.69) is 4.52 Å². The van der Waals surface area contributed by atoms with Crippen molar-refractivity contribution in [1.29, 1.82) is 0 Å². The lowest BCUT2D eigenvalue weighted by Crippen LogP contribution is -2.16. The summed E-state index contributed by atoms with van der Waals surface area (Å²) in [4.78, 5) is 0. The first-order valence-electron chi connectivity index (χ1n) is 3.04. The Labute approximate surface area is 63.2 Å². The number of hydrogen-bond donors (Lipinski definition) is 0. The summed E-state index contributed by atoms with van der Waals surface area (Å²) in [6, 6.07) is 0. The van der Waals surface area contributed by atoms with Gasteiger partial charge in [0.05, 0.1) is 0 Å². The molecule has 68 valence electrons. The van der Waals surface area contributed by atoms with E-state index in [4.69, 9.17) is 0 Å². The van der Waals surface area contributed by atoms with Gasteiger partial charge < -0.3 is 4.52 Å². The molecule has 11 heavy (non-hydrogen) atoms. The molecule has 0 radical (unpaired) electrons. The molecule has 0 spiro atoms. The van der Waals surface area contributed by atoms with Gasteiger partial charge in [-0.2, -0.15) is 13.2 Å². The van der Waals surface area contributed by atoms with Crippen molar-refractivity contribution in [3.8, 4) is 0 Å². The average Bonchev–Trinajstić information content (AvgIpc) is 1.83. The highest BCUT2D eigenvalue weighted by Crippen LogP contribution is 2.42. The lowest BCUT2D eigenvalue weighted by atomic mass is 10.7. The SMILES string of the molecule is CCP(C)(=O)OCC(F)(F)F. The van der Waals surface area contributed by atoms with Crippen LogP contribution < -0.4 is 0 Å². The normalized spacial score (nSPS) is 17.9. The molecule has 0 aromatic rings. The van der Waals surface area contributed by atoms with Crippen molar-refractivity contribution in [2.24, 2.45) is 0 Å². The summed E-state index contributed by atoms with van der Waals surface area (Å²) in [5, 5.41) is 0. The summed E-state index contributed by atoms with van der Waals surface area (Å²) in [5.41, 5.74) is 0. The molecule has 0 N–H and O–H groups in total. The van der Waals surface area contributed by atoms with Crippen LogP contribution in [0.3, 0.4) is 0 Å². The quantitative estimate of drug-likeness (QED) is 0.639. The molecule has 0 aliphatic heterocycles. The summed E-state index contributed by atoms with van der Waals surface area (Å²) in [6.07, 6.45) is -4.26. The Bertz CT molecular complexity index is 166. The van der Waals surface area contributed by atoms with E-state index in [-0.39, 0.29) is 6.16 Å². The molecule has 0 saturated carbocycles. The summed E-state index contributed by atoms with van der Waals surface area (Å²) >= 11 is 0. The zero-order valence-corrected chi connectivity index (χ0v) is 7.21. The largest absolute Gasteiger partial charge is 0.412 e. The van der Waals surface area contributed by atoms with E-state index in [1.807, 2.05) is 0 Å². The van der Waals surface area contributed by atoms with Crippen molar-refractivity contribution < 1.29 is 22.3 Å². The maximum Gasteiger partial charge on any atom is 0.412 e. The van der Waals surface area contributed by atoms with Gasteiger partial charge in [-0.05, 0) is 0 Å². The Morgan fingerprint density at radius 1 is 1.45 bits per heavy atom. The molecule has 0 aliphatic rings. The zero-order valence-electron chi connectivity index (χ0n) is 6.31. The van der Waals surface area contributed by atoms with Gasteiger partial charge in [0.25, 0.3) is 0 Å². The molecular weight excluding hydrogens is 180 g/mol. The molecule has 0 heterocycles. The lowest BCUT2D eigenvalue weighted by Gasteiger charge is -2.12. The molecule has 6 heteroatoms. The Hall–Kier alpha value is -0.0200. The minimum atomic E-state index is -4.39. The molecule has 1 unspecified atom stereocenters. The van der Waals surface area contributed by atoms with Crippen LogP contribution in [-0.4, -0.2) is 25.6 Å². The van der Waals surface area contributed by atoms with E-state index in [1.54, 1.807) is 0 Å². The maximum absolute atomic E-state index is 11.5. The second-order valence-electron chi connectivity index (χ2n) is 2.22. The zero-order chi connectivity index (χ0) is 9.12. The number of rotatable bonds is 3. The first kappa shape index (κ1) is 11.0. The van der Waals surface area contributed by atoms with Crippen LogP contribution in [0.4, 0.5) is 13.2 Å². The summed E-state index contributed by atoms with van der Waals surface area (Å²) in [6.45, 7) is 1.30. The molecule has 0 rings (SSSR count). The first-order chi connectivity index (χ1) is 4.77. The maximum atomic E-state index is 11.5. The van der Waals surface area contributed by atoms with Gasteiger partial charge in [-0.1, -0.05) is 6.92 Å². The highest BCUT2D eigenvalue weighted by molar-refractivity contribution is 7.58. The van der Waals surface area contributed by atoms with Gasteiger partial charge in [-0.3, -0.25) is 4.57 Å². The van der Waals surface area contributed by atoms with Crippen LogP contribution in [-0.2, 0) is 9.09 Å². The minimum Gasteiger partial charge on any atom is -0.319 e. The lowest BCUT2D eigenvalue weighted by molar-refractivity contribution is -0.153. The highest BCUT2D eigenvalue weighted by Gasteiger charge is 2.30. The standard InChI is InChI=1S/C5H10F3O2P/c1-3-11(2,9)10-4-5(6,7)8/h3-4H2,1-2H3. The molecule has 0 saturated heterocycles. The van der Waals surface area contributed by atoms with Crippen LogP contribution in [0.5, 0.6) is 0 Å². The van der Waals surface area contributed by atoms with E-state index >= 15 is 0 Å². The Kier molecular flexibility index (Phi) is 3.58. The third-order valence-electron chi connectivity index (χ3n) is 1.08. The van der Waals surface area contributed by atoms with E-state index < -0.39 is 20.2 Å². The third kappa shape index (κ3) is 6.38. The number of alkyl halides is 3. The topological polar surface area (TPSA) is 26.3 Å². The van der Waals surface area contributed by atoms with Gasteiger partial charge >= 0.3 is 6.18 Å². The molecule has 0 fully saturated rings. The van der Waals surface area contributed by atoms with Crippen molar-refractivity contribution in [3.05, 3.63) is 0 Å². The molecule has 0 aromatic heterocycles. The average molecular weight is 190 g/mol. The first-order valence-corrected chi connectivity index (χ1v) is 5.30. The van der Waals surface area contributed by atoms with E-state index in [9.17, 15) is 17.7 Å². The van der Waals surface area contributed by atoms with Crippen LogP contribution in [0.1, 0.15) is 6.92 Å². The summed E-state index contributed by atoms with van der Waals surface area (Å²) < 4.78 is 49.5. The Morgan fingerprint density at radius 2 is 1.91 bits per heavy atom. The summed E-state index contributed by atoms with van der Waals surface area (Å²) in [5.74, 6) is 0. The van der Waals surface area contributed by atoms with Crippen molar-refractivity contribution in [2.45, 2.75) is 13.1 Å². The fourth-order valence-electron chi connectivity index (χ4n) is 0.301. The minimum absolute atomic E-state index is 0.128. The van der Waals surface area contributed by atoms with Gasteiger partial charge in [0.1, 0.15) is 6.61 Å². The van der Waals surface area contributed by atoms with Crippen molar-refractivity contribution in [1.82, 2.24) is 0 Å². The van der Waals surface area contributed by atoms with Crippen molar-refractivity contribution in [2.75, 3.05) is 19.4 Å². The molecular formula is C5H10F3O2P. The molecule has 0 aromatic carbocycles. The predicted molar refractivity (Wildman–Crippen MR) is 36.1 cm³/mol. The number of hydrogen-bond acceptors (Lipinski definition) is 2. The van der Waals surface area contributed by atoms with Gasteiger partial charge in [0.2, 0.25) is 0 Å². The summed E-state index contributed by atoms with van der Waals surface area (Å²) in [7, 11) is -2.99. The molecule has 0 bridgehead atoms. The second-order valence-corrected chi connectivity index (χ2v) is 5.14. The third-order valence-corrected chi connectivity index (χ3v) is 2.90. The Morgan fingerprint density at radius 3 is 2.18 bits per heavy atom. The van der Waals surface area contributed by atoms with Crippen LogP contribution >= 0.6 is 7.37 Å². The van der Waals surface area contributed by atoms with Crippen molar-refractivity contribution >= 4 is 7.37 Å². The second kappa shape index (κ2) is 3.59. The van der Waals surface area contributed by atoms with Crippen LogP contribution in [0, 0.1) is 0 Å². The Balaban J connectivity index is 3.80. The number of halogens is 3. The van der Waals surface area contributed by atoms with Gasteiger partial charge in [-0.25, -0.2) is 0 Å². The molecule has 0 aliphatic carbocycles. The predicted octanol–water partition coefficient (Wildman–Crippen LogP) is 2.49. The van der Waals surface area contributed by atoms with Crippen LogP contribution in [0.2, 0.25) is 0 Å².